The smallest absolute Gasteiger partial charge is 0.186 e. The Morgan fingerprint density at radius 1 is 1.26 bits per heavy atom. The van der Waals surface area contributed by atoms with Crippen molar-refractivity contribution in [1.82, 2.24) is 0 Å². The van der Waals surface area contributed by atoms with Gasteiger partial charge in [-0.15, -0.1) is 0 Å². The van der Waals surface area contributed by atoms with E-state index in [1.54, 1.807) is 6.07 Å². The second-order valence-electron chi connectivity index (χ2n) is 4.82. The van der Waals surface area contributed by atoms with Crippen LogP contribution < -0.4 is 4.74 Å². The molecule has 0 fully saturated rings. The van der Waals surface area contributed by atoms with E-state index in [-0.39, 0.29) is 32.5 Å². The van der Waals surface area contributed by atoms with Crippen molar-refractivity contribution >= 4 is 27.2 Å². The van der Waals surface area contributed by atoms with Gasteiger partial charge in [-0.1, -0.05) is 11.6 Å². The molecule has 0 unspecified atom stereocenters. The molecule has 0 saturated heterocycles. The summed E-state index contributed by atoms with van der Waals surface area (Å²) in [5.74, 6) is -1.91. The number of hydrogen-bond acceptors (Lipinski definition) is 5. The Balaban J connectivity index is 2.07. The lowest BCUT2D eigenvalue weighted by Crippen LogP contribution is -2.03. The van der Waals surface area contributed by atoms with Gasteiger partial charge in [-0.3, -0.25) is 4.79 Å². The van der Waals surface area contributed by atoms with Gasteiger partial charge in [0.15, 0.2) is 15.6 Å². The quantitative estimate of drug-likeness (QED) is 0.830. The first-order valence-corrected chi connectivity index (χ1v) is 8.32. The van der Waals surface area contributed by atoms with Crippen LogP contribution in [-0.4, -0.2) is 20.0 Å². The molecule has 5 nitrogen and oxygen atoms in total. The van der Waals surface area contributed by atoms with Crippen molar-refractivity contribution in [3.63, 3.8) is 0 Å². The number of benzene rings is 2. The third kappa shape index (κ3) is 2.67. The first kappa shape index (κ1) is 15.5. The van der Waals surface area contributed by atoms with Crippen LogP contribution >= 0.6 is 11.6 Å². The molecule has 0 atom stereocenters. The van der Waals surface area contributed by atoms with Crippen LogP contribution in [0.2, 0.25) is 5.02 Å². The topological polar surface area (TPSA) is 84.2 Å². The van der Waals surface area contributed by atoms with Crippen molar-refractivity contribution in [2.45, 2.75) is 4.90 Å². The minimum Gasteiger partial charge on any atom is -0.456 e. The number of sulfone groups is 1. The van der Waals surface area contributed by atoms with Crippen molar-refractivity contribution in [3.05, 3.63) is 52.3 Å². The molecule has 116 valence electrons. The third-order valence-corrected chi connectivity index (χ3v) is 5.26. The van der Waals surface area contributed by atoms with Gasteiger partial charge in [0, 0.05) is 6.07 Å². The van der Waals surface area contributed by atoms with Crippen LogP contribution in [0.1, 0.15) is 15.9 Å². The van der Waals surface area contributed by atoms with Crippen molar-refractivity contribution < 1.29 is 22.3 Å². The van der Waals surface area contributed by atoms with Crippen LogP contribution in [0.15, 0.2) is 35.2 Å². The highest BCUT2D eigenvalue weighted by Gasteiger charge is 2.36. The molecule has 0 aliphatic carbocycles. The zero-order valence-electron chi connectivity index (χ0n) is 11.3. The Morgan fingerprint density at radius 3 is 2.70 bits per heavy atom. The third-order valence-electron chi connectivity index (χ3n) is 3.23. The van der Waals surface area contributed by atoms with Gasteiger partial charge in [-0.2, -0.15) is 5.26 Å². The molecule has 0 N–H and O–H groups in total. The van der Waals surface area contributed by atoms with Crippen LogP contribution in [0, 0.1) is 17.1 Å². The molecule has 23 heavy (non-hydrogen) atoms. The number of carbonyl (C=O) groups is 1. The van der Waals surface area contributed by atoms with Gasteiger partial charge in [0.1, 0.15) is 23.1 Å². The molecule has 1 heterocycles. The van der Waals surface area contributed by atoms with E-state index in [1.165, 1.54) is 18.2 Å². The maximum Gasteiger partial charge on any atom is 0.186 e. The summed E-state index contributed by atoms with van der Waals surface area (Å²) in [4.78, 5) is 11.7. The lowest BCUT2D eigenvalue weighted by atomic mass is 10.1. The molecule has 0 saturated carbocycles. The number of ether oxygens (including phenoxy) is 1. The van der Waals surface area contributed by atoms with Crippen LogP contribution in [0.5, 0.6) is 11.5 Å². The molecular formula is C15H7ClFNO4S. The van der Waals surface area contributed by atoms with Crippen molar-refractivity contribution in [3.8, 4) is 17.6 Å². The van der Waals surface area contributed by atoms with E-state index in [1.807, 2.05) is 0 Å². The van der Waals surface area contributed by atoms with E-state index >= 15 is 0 Å². The van der Waals surface area contributed by atoms with Crippen LogP contribution in [0.25, 0.3) is 0 Å². The summed E-state index contributed by atoms with van der Waals surface area (Å²) in [7, 11) is -3.68. The molecule has 0 bridgehead atoms. The Morgan fingerprint density at radius 2 is 2.00 bits per heavy atom. The maximum atomic E-state index is 13.4. The van der Waals surface area contributed by atoms with E-state index in [4.69, 9.17) is 21.6 Å². The monoisotopic (exact) mass is 351 g/mol. The Bertz CT molecular complexity index is 995. The lowest BCUT2D eigenvalue weighted by molar-refractivity contribution is 0.102. The Hall–Kier alpha value is -2.43. The van der Waals surface area contributed by atoms with Crippen molar-refractivity contribution in [2.75, 3.05) is 5.75 Å². The molecule has 3 rings (SSSR count). The predicted octanol–water partition coefficient (Wildman–Crippen LogP) is 3.11. The molecular weight excluding hydrogens is 345 g/mol. The molecule has 0 radical (unpaired) electrons. The number of fused-ring (bicyclic) bond motifs is 1. The standard InChI is InChI=1S/C15H7ClFNO4S/c16-15-12(22-10-4-8(6-18)3-9(17)5-10)1-2-13-14(15)11(19)7-23(13,20)21/h1-5H,7H2. The largest absolute Gasteiger partial charge is 0.456 e. The molecule has 0 aromatic heterocycles. The van der Waals surface area contributed by atoms with Gasteiger partial charge in [0.05, 0.1) is 27.1 Å². The van der Waals surface area contributed by atoms with Gasteiger partial charge < -0.3 is 4.74 Å². The van der Waals surface area contributed by atoms with Gasteiger partial charge in [-0.25, -0.2) is 12.8 Å². The highest BCUT2D eigenvalue weighted by atomic mass is 35.5. The van der Waals surface area contributed by atoms with Gasteiger partial charge in [-0.05, 0) is 24.3 Å². The van der Waals surface area contributed by atoms with Crippen LogP contribution in [0.3, 0.4) is 0 Å². The lowest BCUT2D eigenvalue weighted by Gasteiger charge is -2.10. The zero-order valence-corrected chi connectivity index (χ0v) is 12.9. The number of rotatable bonds is 2. The number of ketones is 1. The molecule has 0 spiro atoms. The van der Waals surface area contributed by atoms with E-state index in [2.05, 4.69) is 0 Å². The average Bonchev–Trinajstić information content (AvgIpc) is 2.71. The van der Waals surface area contributed by atoms with Crippen LogP contribution in [0.4, 0.5) is 4.39 Å². The summed E-state index contributed by atoms with van der Waals surface area (Å²) in [5, 5.41) is 8.66. The van der Waals surface area contributed by atoms with Gasteiger partial charge >= 0.3 is 0 Å². The van der Waals surface area contributed by atoms with Gasteiger partial charge in [0.2, 0.25) is 0 Å². The summed E-state index contributed by atoms with van der Waals surface area (Å²) >= 11 is 6.07. The fourth-order valence-corrected chi connectivity index (χ4v) is 4.08. The van der Waals surface area contributed by atoms with Gasteiger partial charge in [0.25, 0.3) is 0 Å². The Labute approximate surface area is 135 Å². The fourth-order valence-electron chi connectivity index (χ4n) is 2.27. The number of nitriles is 1. The maximum absolute atomic E-state index is 13.4. The van der Waals surface area contributed by atoms with Crippen LogP contribution in [-0.2, 0) is 9.84 Å². The minimum atomic E-state index is -3.68. The number of carbonyl (C=O) groups excluding carboxylic acids is 1. The van der Waals surface area contributed by atoms with E-state index < -0.39 is 27.2 Å². The Kier molecular flexibility index (Phi) is 3.59. The molecule has 1 aliphatic heterocycles. The van der Waals surface area contributed by atoms with E-state index in [0.717, 1.165) is 12.1 Å². The minimum absolute atomic E-state index is 0.00496. The number of hydrogen-bond donors (Lipinski definition) is 0. The van der Waals surface area contributed by atoms with E-state index in [9.17, 15) is 17.6 Å². The number of halogens is 2. The molecule has 0 amide bonds. The number of Topliss-reactive ketones (excluding diaryl/α,β-unsaturated/α-hetero) is 1. The summed E-state index contributed by atoms with van der Waals surface area (Å²) < 4.78 is 42.4. The van der Waals surface area contributed by atoms with Crippen molar-refractivity contribution in [2.24, 2.45) is 0 Å². The highest BCUT2D eigenvalue weighted by molar-refractivity contribution is 7.92. The zero-order chi connectivity index (χ0) is 16.8. The fraction of sp³-hybridized carbons (Fsp3) is 0.0667. The van der Waals surface area contributed by atoms with Crippen molar-refractivity contribution in [1.29, 1.82) is 5.26 Å². The summed E-state index contributed by atoms with van der Waals surface area (Å²) in [6.07, 6.45) is 0. The van der Waals surface area contributed by atoms with E-state index in [0.29, 0.717) is 0 Å². The summed E-state index contributed by atoms with van der Waals surface area (Å²) in [6.45, 7) is 0. The molecule has 8 heteroatoms. The highest BCUT2D eigenvalue weighted by Crippen LogP contribution is 2.39. The predicted molar refractivity (Wildman–Crippen MR) is 79.0 cm³/mol. The second kappa shape index (κ2) is 5.33. The SMILES string of the molecule is N#Cc1cc(F)cc(Oc2ccc3c(c2Cl)C(=O)CS3(=O)=O)c1. The first-order chi connectivity index (χ1) is 10.8. The second-order valence-corrected chi connectivity index (χ2v) is 7.16. The number of nitrogens with zero attached hydrogens (tertiary/aromatic N) is 1. The molecule has 2 aromatic carbocycles. The molecule has 2 aromatic rings. The first-order valence-electron chi connectivity index (χ1n) is 6.29. The normalized spacial score (nSPS) is 15.1. The average molecular weight is 352 g/mol. The summed E-state index contributed by atoms with van der Waals surface area (Å²) in [6, 6.07) is 7.67. The summed E-state index contributed by atoms with van der Waals surface area (Å²) in [5.41, 5.74) is -0.0722. The molecule has 1 aliphatic rings.